The Bertz CT molecular complexity index is 434. The molecule has 0 fully saturated rings. The third-order valence-electron chi connectivity index (χ3n) is 1.93. The van der Waals surface area contributed by atoms with Crippen LogP contribution in [0.15, 0.2) is 6.07 Å². The van der Waals surface area contributed by atoms with Crippen LogP contribution in [0, 0.1) is 0 Å². The van der Waals surface area contributed by atoms with Crippen LogP contribution < -0.4 is 11.1 Å². The summed E-state index contributed by atoms with van der Waals surface area (Å²) in [5.74, 6) is -1.10. The van der Waals surface area contributed by atoms with Gasteiger partial charge in [0.2, 0.25) is 0 Å². The van der Waals surface area contributed by atoms with E-state index in [0.29, 0.717) is 6.54 Å². The van der Waals surface area contributed by atoms with Crippen molar-refractivity contribution in [1.82, 2.24) is 10.3 Å². The second-order valence-electron chi connectivity index (χ2n) is 3.39. The van der Waals surface area contributed by atoms with Crippen molar-refractivity contribution in [2.24, 2.45) is 5.73 Å². The largest absolute Gasteiger partial charge is 0.464 e. The Kier molecular flexibility index (Phi) is 9.39. The van der Waals surface area contributed by atoms with E-state index in [0.717, 1.165) is 0 Å². The van der Waals surface area contributed by atoms with Crippen molar-refractivity contribution in [2.75, 3.05) is 33.4 Å². The summed E-state index contributed by atoms with van der Waals surface area (Å²) >= 11 is 5.74. The minimum absolute atomic E-state index is 0.0262. The van der Waals surface area contributed by atoms with Gasteiger partial charge in [0.1, 0.15) is 11.4 Å². The molecule has 1 aromatic rings. The lowest BCUT2D eigenvalue weighted by Crippen LogP contribution is -2.26. The lowest BCUT2D eigenvalue weighted by atomic mass is 10.4. The van der Waals surface area contributed by atoms with E-state index in [1.807, 2.05) is 0 Å². The molecule has 114 valence electrons. The molecule has 6 N–H and O–H groups in total. The molecule has 0 aromatic carbocycles. The van der Waals surface area contributed by atoms with E-state index in [9.17, 15) is 9.59 Å². The average molecular weight is 308 g/mol. The number of methoxy groups -OCH3 is 1. The van der Waals surface area contributed by atoms with Crippen LogP contribution in [-0.4, -0.2) is 60.5 Å². The van der Waals surface area contributed by atoms with Crippen molar-refractivity contribution in [2.45, 2.75) is 0 Å². The van der Waals surface area contributed by atoms with Gasteiger partial charge in [-0.2, -0.15) is 0 Å². The first-order chi connectivity index (χ1) is 9.51. The maximum atomic E-state index is 11.4. The minimum Gasteiger partial charge on any atom is -0.464 e. The van der Waals surface area contributed by atoms with Gasteiger partial charge in [-0.25, -0.2) is 4.79 Å². The molecule has 0 saturated heterocycles. The Balaban J connectivity index is 0.000000796. The topological polar surface area (TPSA) is 138 Å². The summed E-state index contributed by atoms with van der Waals surface area (Å²) in [6.45, 7) is 0.438. The highest BCUT2D eigenvalue weighted by Crippen LogP contribution is 2.17. The molecular weight excluding hydrogens is 290 g/mol. The minimum atomic E-state index is -0.647. The van der Waals surface area contributed by atoms with Crippen LogP contribution in [0.5, 0.6) is 0 Å². The molecule has 0 bridgehead atoms. The number of halogens is 1. The van der Waals surface area contributed by atoms with Gasteiger partial charge in [0.25, 0.3) is 5.91 Å². The average Bonchev–Trinajstić information content (AvgIpc) is 2.86. The Labute approximate surface area is 120 Å². The van der Waals surface area contributed by atoms with Crippen LogP contribution in [0.2, 0.25) is 5.02 Å². The van der Waals surface area contributed by atoms with E-state index in [2.05, 4.69) is 15.0 Å². The first-order valence-electron chi connectivity index (χ1n) is 5.68. The summed E-state index contributed by atoms with van der Waals surface area (Å²) in [6.07, 6.45) is 0. The molecule has 1 heterocycles. The molecule has 1 amide bonds. The third-order valence-corrected chi connectivity index (χ3v) is 2.23. The van der Waals surface area contributed by atoms with Crippen molar-refractivity contribution >= 4 is 23.5 Å². The number of nitrogens with one attached hydrogen (secondary N) is 2. The fraction of sp³-hybridized carbons (Fsp3) is 0.455. The summed E-state index contributed by atoms with van der Waals surface area (Å²) in [4.78, 5) is 25.1. The van der Waals surface area contributed by atoms with Crippen LogP contribution >= 0.6 is 11.6 Å². The number of aromatic nitrogens is 1. The molecule has 8 nitrogen and oxygen atoms in total. The number of hydrogen-bond acceptors (Lipinski definition) is 6. The first-order valence-corrected chi connectivity index (χ1v) is 6.06. The van der Waals surface area contributed by atoms with Crippen LogP contribution in [0.25, 0.3) is 0 Å². The molecule has 0 atom stereocenters. The van der Waals surface area contributed by atoms with E-state index in [4.69, 9.17) is 27.5 Å². The smallest absolute Gasteiger partial charge is 0.356 e. The quantitative estimate of drug-likeness (QED) is 0.448. The van der Waals surface area contributed by atoms with Crippen LogP contribution in [0.4, 0.5) is 0 Å². The maximum absolute atomic E-state index is 11.4. The molecule has 0 aliphatic heterocycles. The van der Waals surface area contributed by atoms with Crippen LogP contribution in [0.1, 0.15) is 21.0 Å². The maximum Gasteiger partial charge on any atom is 0.356 e. The SMILES string of the molecule is COC(=O)c1[nH]c(C(=O)NCCO)cc1Cl.NCCO. The van der Waals surface area contributed by atoms with E-state index in [1.165, 1.54) is 13.2 Å². The molecule has 0 aliphatic carbocycles. The van der Waals surface area contributed by atoms with Crippen molar-refractivity contribution in [1.29, 1.82) is 0 Å². The Morgan fingerprint density at radius 1 is 1.45 bits per heavy atom. The van der Waals surface area contributed by atoms with Gasteiger partial charge in [0.15, 0.2) is 0 Å². The molecule has 0 saturated carbocycles. The molecule has 20 heavy (non-hydrogen) atoms. The number of carbonyl (C=O) groups is 2. The zero-order valence-electron chi connectivity index (χ0n) is 11.0. The number of ether oxygens (including phenoxy) is 1. The molecule has 1 rings (SSSR count). The molecule has 1 aromatic heterocycles. The predicted octanol–water partition coefficient (Wildman–Crippen LogP) is -0.886. The number of nitrogens with two attached hydrogens (primary N) is 1. The number of esters is 1. The van der Waals surface area contributed by atoms with Gasteiger partial charge in [0, 0.05) is 13.1 Å². The van der Waals surface area contributed by atoms with Crippen LogP contribution in [-0.2, 0) is 4.74 Å². The fourth-order valence-corrected chi connectivity index (χ4v) is 1.30. The van der Waals surface area contributed by atoms with Crippen molar-refractivity contribution < 1.29 is 24.5 Å². The van der Waals surface area contributed by atoms with E-state index < -0.39 is 11.9 Å². The molecule has 0 unspecified atom stereocenters. The lowest BCUT2D eigenvalue weighted by Gasteiger charge is -1.99. The fourth-order valence-electron chi connectivity index (χ4n) is 1.07. The van der Waals surface area contributed by atoms with Gasteiger partial charge < -0.3 is 31.0 Å². The third kappa shape index (κ3) is 6.02. The molecule has 0 spiro atoms. The number of aliphatic hydroxyl groups excluding tert-OH is 2. The highest BCUT2D eigenvalue weighted by atomic mass is 35.5. The number of aromatic amines is 1. The highest BCUT2D eigenvalue weighted by molar-refractivity contribution is 6.33. The van der Waals surface area contributed by atoms with Crippen molar-refractivity contribution in [3.63, 3.8) is 0 Å². The summed E-state index contributed by atoms with van der Waals surface area (Å²) in [5.41, 5.74) is 4.94. The van der Waals surface area contributed by atoms with E-state index in [-0.39, 0.29) is 36.2 Å². The van der Waals surface area contributed by atoms with Gasteiger partial charge >= 0.3 is 5.97 Å². The molecule has 0 radical (unpaired) electrons. The second kappa shape index (κ2) is 10.2. The Morgan fingerprint density at radius 2 is 2.05 bits per heavy atom. The van der Waals surface area contributed by atoms with Gasteiger partial charge in [-0.1, -0.05) is 11.6 Å². The van der Waals surface area contributed by atoms with E-state index in [1.54, 1.807) is 0 Å². The van der Waals surface area contributed by atoms with Gasteiger partial charge in [-0.05, 0) is 6.07 Å². The molecule has 9 heteroatoms. The highest BCUT2D eigenvalue weighted by Gasteiger charge is 2.17. The van der Waals surface area contributed by atoms with Gasteiger partial charge in [0.05, 0.1) is 25.3 Å². The molecule has 0 aliphatic rings. The zero-order chi connectivity index (χ0) is 15.5. The predicted molar refractivity (Wildman–Crippen MR) is 72.7 cm³/mol. The second-order valence-corrected chi connectivity index (χ2v) is 3.80. The lowest BCUT2D eigenvalue weighted by molar-refractivity contribution is 0.0595. The Morgan fingerprint density at radius 3 is 2.50 bits per heavy atom. The Hall–Kier alpha value is -1.61. The summed E-state index contributed by atoms with van der Waals surface area (Å²) in [7, 11) is 1.21. The summed E-state index contributed by atoms with van der Waals surface area (Å²) < 4.78 is 4.46. The summed E-state index contributed by atoms with van der Waals surface area (Å²) in [6, 6.07) is 1.32. The van der Waals surface area contributed by atoms with E-state index >= 15 is 0 Å². The number of H-pyrrole nitrogens is 1. The number of aliphatic hydroxyl groups is 2. The van der Waals surface area contributed by atoms with Crippen molar-refractivity contribution in [3.05, 3.63) is 22.5 Å². The standard InChI is InChI=1S/C9H11ClN2O4.C2H7NO/c1-16-9(15)7-5(10)4-6(12-7)8(14)11-2-3-13;3-1-2-4/h4,12-13H,2-3H2,1H3,(H,11,14);4H,1-3H2. The van der Waals surface area contributed by atoms with Gasteiger partial charge in [-0.15, -0.1) is 0 Å². The normalized spacial score (nSPS) is 9.45. The van der Waals surface area contributed by atoms with Gasteiger partial charge in [-0.3, -0.25) is 4.79 Å². The van der Waals surface area contributed by atoms with Crippen molar-refractivity contribution in [3.8, 4) is 0 Å². The first kappa shape index (κ1) is 18.4. The summed E-state index contributed by atoms with van der Waals surface area (Å²) in [5, 5.41) is 18.8. The number of amides is 1. The number of carbonyl (C=O) groups excluding carboxylic acids is 2. The number of rotatable bonds is 5. The van der Waals surface area contributed by atoms with Crippen LogP contribution in [0.3, 0.4) is 0 Å². The zero-order valence-corrected chi connectivity index (χ0v) is 11.7. The number of hydrogen-bond donors (Lipinski definition) is 5. The molecular formula is C11H18ClN3O5. The monoisotopic (exact) mass is 307 g/mol.